The van der Waals surface area contributed by atoms with Crippen molar-refractivity contribution in [3.8, 4) is 0 Å². The lowest BCUT2D eigenvalue weighted by Crippen LogP contribution is -2.28. The van der Waals surface area contributed by atoms with Crippen molar-refractivity contribution >= 4 is 15.9 Å². The molecule has 1 heterocycles. The average molecular weight is 312 g/mol. The van der Waals surface area contributed by atoms with Gasteiger partial charge < -0.3 is 10.1 Å². The summed E-state index contributed by atoms with van der Waals surface area (Å²) in [5.41, 5.74) is 0.944. The summed E-state index contributed by atoms with van der Waals surface area (Å²) in [7, 11) is -3.65. The number of rotatable bonds is 6. The standard InChI is InChI=1S/C14H20N2O4S/c15-21(18,19)13-5-3-11(4-6-13)7-8-16-14(17)10-12-2-1-9-20-12/h3-6,12H,1-2,7-10H2,(H,16,17)(H2,15,18,19). The van der Waals surface area contributed by atoms with Crippen molar-refractivity contribution in [2.24, 2.45) is 5.14 Å². The number of nitrogens with two attached hydrogens (primary N) is 1. The molecule has 7 heteroatoms. The third-order valence-corrected chi connectivity index (χ3v) is 4.35. The molecule has 1 aliphatic rings. The normalized spacial score (nSPS) is 18.6. The highest BCUT2D eigenvalue weighted by molar-refractivity contribution is 7.89. The van der Waals surface area contributed by atoms with Gasteiger partial charge >= 0.3 is 0 Å². The van der Waals surface area contributed by atoms with Crippen LogP contribution in [-0.4, -0.2) is 33.6 Å². The Morgan fingerprint density at radius 3 is 2.62 bits per heavy atom. The molecule has 1 atom stereocenters. The van der Waals surface area contributed by atoms with E-state index in [4.69, 9.17) is 9.88 Å². The van der Waals surface area contributed by atoms with E-state index >= 15 is 0 Å². The van der Waals surface area contributed by atoms with Crippen LogP contribution in [0.25, 0.3) is 0 Å². The Morgan fingerprint density at radius 2 is 2.05 bits per heavy atom. The van der Waals surface area contributed by atoms with Crippen LogP contribution in [0.4, 0.5) is 0 Å². The Kier molecular flexibility index (Phi) is 5.33. The van der Waals surface area contributed by atoms with Gasteiger partial charge in [0.15, 0.2) is 0 Å². The van der Waals surface area contributed by atoms with Crippen molar-refractivity contribution in [3.05, 3.63) is 29.8 Å². The van der Waals surface area contributed by atoms with Gasteiger partial charge in [-0.15, -0.1) is 0 Å². The fourth-order valence-corrected chi connectivity index (χ4v) is 2.79. The highest BCUT2D eigenvalue weighted by Gasteiger charge is 2.18. The highest BCUT2D eigenvalue weighted by atomic mass is 32.2. The second-order valence-corrected chi connectivity index (χ2v) is 6.69. The number of ether oxygens (including phenoxy) is 1. The van der Waals surface area contributed by atoms with Crippen molar-refractivity contribution in [2.75, 3.05) is 13.2 Å². The number of carbonyl (C=O) groups excluding carboxylic acids is 1. The first-order valence-corrected chi connectivity index (χ1v) is 8.50. The Labute approximate surface area is 124 Å². The van der Waals surface area contributed by atoms with E-state index in [1.54, 1.807) is 12.1 Å². The molecule has 0 saturated carbocycles. The molecule has 21 heavy (non-hydrogen) atoms. The van der Waals surface area contributed by atoms with Gasteiger partial charge in [-0.1, -0.05) is 12.1 Å². The van der Waals surface area contributed by atoms with Crippen molar-refractivity contribution in [3.63, 3.8) is 0 Å². The van der Waals surface area contributed by atoms with Crippen LogP contribution in [-0.2, 0) is 26.0 Å². The molecule has 0 spiro atoms. The van der Waals surface area contributed by atoms with Crippen LogP contribution >= 0.6 is 0 Å². The lowest BCUT2D eigenvalue weighted by molar-refractivity contribution is -0.123. The molecule has 1 fully saturated rings. The minimum atomic E-state index is -3.65. The summed E-state index contributed by atoms with van der Waals surface area (Å²) in [6.07, 6.45) is 3.07. The zero-order chi connectivity index (χ0) is 15.3. The minimum Gasteiger partial charge on any atom is -0.378 e. The van der Waals surface area contributed by atoms with E-state index in [-0.39, 0.29) is 16.9 Å². The number of hydrogen-bond donors (Lipinski definition) is 2. The second-order valence-electron chi connectivity index (χ2n) is 5.13. The first kappa shape index (κ1) is 15.9. The molecular formula is C14H20N2O4S. The summed E-state index contributed by atoms with van der Waals surface area (Å²) in [6.45, 7) is 1.26. The fourth-order valence-electron chi connectivity index (χ4n) is 2.28. The van der Waals surface area contributed by atoms with Gasteiger partial charge in [-0.05, 0) is 37.0 Å². The molecule has 3 N–H and O–H groups in total. The summed E-state index contributed by atoms with van der Waals surface area (Å²) in [5.74, 6) is -0.0111. The van der Waals surface area contributed by atoms with Crippen LogP contribution in [0.3, 0.4) is 0 Å². The van der Waals surface area contributed by atoms with Gasteiger partial charge in [0.05, 0.1) is 17.4 Å². The molecule has 1 saturated heterocycles. The number of carbonyl (C=O) groups is 1. The lowest BCUT2D eigenvalue weighted by atomic mass is 10.1. The average Bonchev–Trinajstić information content (AvgIpc) is 2.91. The topological polar surface area (TPSA) is 98.5 Å². The summed E-state index contributed by atoms with van der Waals surface area (Å²) < 4.78 is 27.6. The zero-order valence-corrected chi connectivity index (χ0v) is 12.6. The number of benzene rings is 1. The first-order valence-electron chi connectivity index (χ1n) is 6.95. The van der Waals surface area contributed by atoms with Gasteiger partial charge in [-0.25, -0.2) is 13.6 Å². The smallest absolute Gasteiger partial charge is 0.238 e. The van der Waals surface area contributed by atoms with Crippen LogP contribution in [0.1, 0.15) is 24.8 Å². The molecule has 1 aromatic carbocycles. The number of nitrogens with one attached hydrogen (secondary N) is 1. The summed E-state index contributed by atoms with van der Waals surface area (Å²) >= 11 is 0. The van der Waals surface area contributed by atoms with E-state index in [0.29, 0.717) is 19.4 Å². The molecule has 0 aliphatic carbocycles. The maximum absolute atomic E-state index is 11.7. The molecule has 2 rings (SSSR count). The largest absolute Gasteiger partial charge is 0.378 e. The summed E-state index contributed by atoms with van der Waals surface area (Å²) in [6, 6.07) is 6.34. The Morgan fingerprint density at radius 1 is 1.33 bits per heavy atom. The maximum atomic E-state index is 11.7. The summed E-state index contributed by atoms with van der Waals surface area (Å²) in [5, 5.41) is 7.87. The number of hydrogen-bond acceptors (Lipinski definition) is 4. The van der Waals surface area contributed by atoms with Crippen molar-refractivity contribution in [2.45, 2.75) is 36.7 Å². The third kappa shape index (κ3) is 5.11. The van der Waals surface area contributed by atoms with Crippen molar-refractivity contribution in [1.29, 1.82) is 0 Å². The molecule has 116 valence electrons. The molecule has 0 aromatic heterocycles. The monoisotopic (exact) mass is 312 g/mol. The SMILES string of the molecule is NS(=O)(=O)c1ccc(CCNC(=O)CC2CCCO2)cc1. The van der Waals surface area contributed by atoms with E-state index < -0.39 is 10.0 Å². The zero-order valence-electron chi connectivity index (χ0n) is 11.7. The maximum Gasteiger partial charge on any atom is 0.238 e. The second kappa shape index (κ2) is 7.02. The lowest BCUT2D eigenvalue weighted by Gasteiger charge is -2.10. The number of primary sulfonamides is 1. The Bertz CT molecular complexity index is 577. The molecule has 0 radical (unpaired) electrons. The number of sulfonamides is 1. The van der Waals surface area contributed by atoms with Crippen LogP contribution in [0.5, 0.6) is 0 Å². The predicted molar refractivity (Wildman–Crippen MR) is 78.1 cm³/mol. The molecule has 6 nitrogen and oxygen atoms in total. The van der Waals surface area contributed by atoms with E-state index in [0.717, 1.165) is 25.0 Å². The van der Waals surface area contributed by atoms with Gasteiger partial charge in [0.25, 0.3) is 0 Å². The fraction of sp³-hybridized carbons (Fsp3) is 0.500. The third-order valence-electron chi connectivity index (χ3n) is 3.42. The Balaban J connectivity index is 1.74. The van der Waals surface area contributed by atoms with Crippen molar-refractivity contribution < 1.29 is 17.9 Å². The van der Waals surface area contributed by atoms with Crippen LogP contribution in [0.15, 0.2) is 29.2 Å². The quantitative estimate of drug-likeness (QED) is 0.802. The summed E-state index contributed by atoms with van der Waals surface area (Å²) in [4.78, 5) is 11.8. The number of amides is 1. The van der Waals surface area contributed by atoms with Gasteiger partial charge in [0, 0.05) is 13.2 Å². The van der Waals surface area contributed by atoms with Crippen LogP contribution in [0, 0.1) is 0 Å². The van der Waals surface area contributed by atoms with E-state index in [9.17, 15) is 13.2 Å². The van der Waals surface area contributed by atoms with Crippen LogP contribution < -0.4 is 10.5 Å². The Hall–Kier alpha value is -1.44. The van der Waals surface area contributed by atoms with Crippen molar-refractivity contribution in [1.82, 2.24) is 5.32 Å². The molecule has 1 unspecified atom stereocenters. The molecule has 1 aliphatic heterocycles. The van der Waals surface area contributed by atoms with Gasteiger partial charge in [0.1, 0.15) is 0 Å². The minimum absolute atomic E-state index is 0.0111. The first-order chi connectivity index (χ1) is 9.95. The van der Waals surface area contributed by atoms with E-state index in [1.807, 2.05) is 0 Å². The molecular weight excluding hydrogens is 292 g/mol. The van der Waals surface area contributed by atoms with Gasteiger partial charge in [0.2, 0.25) is 15.9 Å². The molecule has 0 bridgehead atoms. The predicted octanol–water partition coefficient (Wildman–Crippen LogP) is 0.562. The van der Waals surface area contributed by atoms with E-state index in [1.165, 1.54) is 12.1 Å². The molecule has 1 amide bonds. The van der Waals surface area contributed by atoms with Crippen LogP contribution in [0.2, 0.25) is 0 Å². The highest BCUT2D eigenvalue weighted by Crippen LogP contribution is 2.15. The van der Waals surface area contributed by atoms with E-state index in [2.05, 4.69) is 5.32 Å². The molecule has 1 aromatic rings. The van der Waals surface area contributed by atoms with Gasteiger partial charge in [-0.3, -0.25) is 4.79 Å². The van der Waals surface area contributed by atoms with Gasteiger partial charge in [-0.2, -0.15) is 0 Å².